The van der Waals surface area contributed by atoms with E-state index in [9.17, 15) is 19.2 Å². The van der Waals surface area contributed by atoms with Crippen LogP contribution in [0.3, 0.4) is 0 Å². The molecule has 2 aromatic rings. The Bertz CT molecular complexity index is 876. The Morgan fingerprint density at radius 1 is 1.04 bits per heavy atom. The lowest BCUT2D eigenvalue weighted by molar-refractivity contribution is -0.119. The van der Waals surface area contributed by atoms with Crippen LogP contribution in [0.1, 0.15) is 36.6 Å². The van der Waals surface area contributed by atoms with Gasteiger partial charge in [0, 0.05) is 12.0 Å². The Hall–Kier alpha value is -3.68. The predicted octanol–water partition coefficient (Wildman–Crippen LogP) is 0.998. The van der Waals surface area contributed by atoms with E-state index in [1.165, 1.54) is 43.5 Å². The van der Waals surface area contributed by atoms with Crippen LogP contribution >= 0.6 is 0 Å². The topological polar surface area (TPSA) is 136 Å². The Morgan fingerprint density at radius 3 is 2.22 bits per heavy atom. The summed E-state index contributed by atoms with van der Waals surface area (Å²) in [6.45, 7) is 0. The number of carbonyl (C=O) groups is 4. The van der Waals surface area contributed by atoms with Gasteiger partial charge < -0.3 is 20.9 Å². The third kappa shape index (κ3) is 5.15. The highest BCUT2D eigenvalue weighted by molar-refractivity contribution is 5.99. The van der Waals surface area contributed by atoms with Crippen molar-refractivity contribution in [3.05, 3.63) is 70.8 Å². The molecule has 2 aromatic carbocycles. The number of carbonyl (C=O) groups excluding carboxylic acids is 3. The number of aromatic carboxylic acids is 1. The van der Waals surface area contributed by atoms with Gasteiger partial charge in [0.15, 0.2) is 0 Å². The molecule has 0 aliphatic carbocycles. The number of primary amides is 1. The molecule has 0 spiro atoms. The van der Waals surface area contributed by atoms with E-state index < -0.39 is 29.8 Å². The van der Waals surface area contributed by atoms with Crippen molar-refractivity contribution < 1.29 is 29.0 Å². The average molecular weight is 370 g/mol. The van der Waals surface area contributed by atoms with Gasteiger partial charge in [0.05, 0.1) is 18.2 Å². The van der Waals surface area contributed by atoms with Gasteiger partial charge in [-0.05, 0) is 35.9 Å². The fourth-order valence-corrected chi connectivity index (χ4v) is 2.39. The van der Waals surface area contributed by atoms with Gasteiger partial charge in [-0.1, -0.05) is 18.2 Å². The summed E-state index contributed by atoms with van der Waals surface area (Å²) in [4.78, 5) is 46.6. The number of nitrogens with one attached hydrogen (secondary N) is 1. The summed E-state index contributed by atoms with van der Waals surface area (Å²) in [5.41, 5.74) is 6.48. The van der Waals surface area contributed by atoms with Crippen LogP contribution in [0.4, 0.5) is 0 Å². The molecule has 2 amide bonds. The Balaban J connectivity index is 2.13. The lowest BCUT2D eigenvalue weighted by Gasteiger charge is -2.16. The molecule has 0 saturated heterocycles. The number of carboxylic acid groups (broad SMARTS) is 1. The summed E-state index contributed by atoms with van der Waals surface area (Å²) in [5.74, 6) is -2.97. The number of hydrogen-bond acceptors (Lipinski definition) is 5. The molecule has 0 saturated carbocycles. The summed E-state index contributed by atoms with van der Waals surface area (Å²) in [7, 11) is 1.23. The second-order valence-electron chi connectivity index (χ2n) is 5.71. The quantitative estimate of drug-likeness (QED) is 0.622. The molecule has 0 heterocycles. The first-order valence-electron chi connectivity index (χ1n) is 7.92. The Morgan fingerprint density at radius 2 is 1.67 bits per heavy atom. The second kappa shape index (κ2) is 8.61. The molecule has 0 aromatic heterocycles. The fraction of sp³-hybridized carbons (Fsp3) is 0.158. The first-order chi connectivity index (χ1) is 12.8. The maximum atomic E-state index is 12.4. The highest BCUT2D eigenvalue weighted by Gasteiger charge is 2.20. The number of nitrogens with two attached hydrogens (primary N) is 1. The SMILES string of the molecule is COC(=O)c1cccc(C(=O)N[C@H](Cc2ccc(C(=O)O)cc2)C(N)=O)c1. The lowest BCUT2D eigenvalue weighted by Crippen LogP contribution is -2.45. The zero-order chi connectivity index (χ0) is 20.0. The second-order valence-corrected chi connectivity index (χ2v) is 5.71. The summed E-state index contributed by atoms with van der Waals surface area (Å²) >= 11 is 0. The maximum absolute atomic E-state index is 12.4. The molecule has 0 aliphatic rings. The number of amides is 2. The molecule has 4 N–H and O–H groups in total. The van der Waals surface area contributed by atoms with E-state index in [0.29, 0.717) is 5.56 Å². The Labute approximate surface area is 154 Å². The Kier molecular flexibility index (Phi) is 6.27. The number of hydrogen-bond donors (Lipinski definition) is 3. The molecule has 140 valence electrons. The molecule has 0 bridgehead atoms. The summed E-state index contributed by atoms with van der Waals surface area (Å²) in [6.07, 6.45) is 0.0949. The molecule has 8 heteroatoms. The van der Waals surface area contributed by atoms with Gasteiger partial charge in [-0.25, -0.2) is 9.59 Å². The van der Waals surface area contributed by atoms with Crippen molar-refractivity contribution in [1.82, 2.24) is 5.32 Å². The van der Waals surface area contributed by atoms with Gasteiger partial charge in [-0.15, -0.1) is 0 Å². The van der Waals surface area contributed by atoms with Crippen LogP contribution < -0.4 is 11.1 Å². The van der Waals surface area contributed by atoms with Gasteiger partial charge in [-0.2, -0.15) is 0 Å². The monoisotopic (exact) mass is 370 g/mol. The molecule has 8 nitrogen and oxygen atoms in total. The van der Waals surface area contributed by atoms with E-state index in [2.05, 4.69) is 10.1 Å². The van der Waals surface area contributed by atoms with Crippen molar-refractivity contribution in [3.63, 3.8) is 0 Å². The van der Waals surface area contributed by atoms with E-state index in [0.717, 1.165) is 0 Å². The molecule has 0 fully saturated rings. The largest absolute Gasteiger partial charge is 0.478 e. The average Bonchev–Trinajstić information content (AvgIpc) is 2.67. The lowest BCUT2D eigenvalue weighted by atomic mass is 10.0. The number of ether oxygens (including phenoxy) is 1. The van der Waals surface area contributed by atoms with Crippen molar-refractivity contribution >= 4 is 23.8 Å². The molecule has 0 radical (unpaired) electrons. The zero-order valence-corrected chi connectivity index (χ0v) is 14.5. The van der Waals surface area contributed by atoms with Crippen LogP contribution in [0.15, 0.2) is 48.5 Å². The molecule has 27 heavy (non-hydrogen) atoms. The van der Waals surface area contributed by atoms with Gasteiger partial charge >= 0.3 is 11.9 Å². The minimum Gasteiger partial charge on any atom is -0.478 e. The van der Waals surface area contributed by atoms with Gasteiger partial charge in [0.25, 0.3) is 5.91 Å². The van der Waals surface area contributed by atoms with Gasteiger partial charge in [-0.3, -0.25) is 9.59 Å². The number of carboxylic acids is 1. The van der Waals surface area contributed by atoms with E-state index in [1.807, 2.05) is 0 Å². The van der Waals surface area contributed by atoms with Crippen molar-refractivity contribution in [1.29, 1.82) is 0 Å². The minimum absolute atomic E-state index is 0.0949. The number of methoxy groups -OCH3 is 1. The van der Waals surface area contributed by atoms with E-state index in [1.54, 1.807) is 12.1 Å². The molecule has 0 unspecified atom stereocenters. The van der Waals surface area contributed by atoms with Crippen molar-refractivity contribution in [2.24, 2.45) is 5.73 Å². The van der Waals surface area contributed by atoms with Crippen LogP contribution in [0.2, 0.25) is 0 Å². The first-order valence-corrected chi connectivity index (χ1v) is 7.92. The molecule has 2 rings (SSSR count). The first kappa shape index (κ1) is 19.6. The van der Waals surface area contributed by atoms with Gasteiger partial charge in [0.2, 0.25) is 5.91 Å². The van der Waals surface area contributed by atoms with Gasteiger partial charge in [0.1, 0.15) is 6.04 Å². The van der Waals surface area contributed by atoms with Crippen molar-refractivity contribution in [2.45, 2.75) is 12.5 Å². The summed E-state index contributed by atoms with van der Waals surface area (Å²) in [6, 6.07) is 10.7. The van der Waals surface area contributed by atoms with Crippen LogP contribution in [0.25, 0.3) is 0 Å². The third-order valence-corrected chi connectivity index (χ3v) is 3.84. The third-order valence-electron chi connectivity index (χ3n) is 3.84. The molecular formula is C19H18N2O6. The number of esters is 1. The number of rotatable bonds is 7. The van der Waals surface area contributed by atoms with Crippen LogP contribution in [0, 0.1) is 0 Å². The molecule has 0 aliphatic heterocycles. The fourth-order valence-electron chi connectivity index (χ4n) is 2.39. The van der Waals surface area contributed by atoms with E-state index >= 15 is 0 Å². The van der Waals surface area contributed by atoms with E-state index in [-0.39, 0.29) is 23.1 Å². The predicted molar refractivity (Wildman–Crippen MR) is 95.3 cm³/mol. The minimum atomic E-state index is -1.06. The van der Waals surface area contributed by atoms with Crippen LogP contribution in [-0.4, -0.2) is 42.0 Å². The highest BCUT2D eigenvalue weighted by atomic mass is 16.5. The summed E-state index contributed by atoms with van der Waals surface area (Å²) in [5, 5.41) is 11.4. The standard InChI is InChI=1S/C19H18N2O6/c1-27-19(26)14-4-2-3-13(10-14)17(23)21-15(16(20)22)9-11-5-7-12(8-6-11)18(24)25/h2-8,10,15H,9H2,1H3,(H2,20,22)(H,21,23)(H,24,25)/t15-/m1/s1. The van der Waals surface area contributed by atoms with Crippen molar-refractivity contribution in [2.75, 3.05) is 7.11 Å². The normalized spacial score (nSPS) is 11.3. The summed E-state index contributed by atoms with van der Waals surface area (Å²) < 4.78 is 4.61. The van der Waals surface area contributed by atoms with Crippen LogP contribution in [0.5, 0.6) is 0 Å². The van der Waals surface area contributed by atoms with Crippen molar-refractivity contribution in [3.8, 4) is 0 Å². The zero-order valence-electron chi connectivity index (χ0n) is 14.5. The van der Waals surface area contributed by atoms with E-state index in [4.69, 9.17) is 10.8 Å². The molecular weight excluding hydrogens is 352 g/mol. The number of benzene rings is 2. The smallest absolute Gasteiger partial charge is 0.337 e. The highest BCUT2D eigenvalue weighted by Crippen LogP contribution is 2.10. The molecule has 1 atom stereocenters. The maximum Gasteiger partial charge on any atom is 0.337 e. The van der Waals surface area contributed by atoms with Crippen LogP contribution in [-0.2, 0) is 16.0 Å².